The SMILES string of the molecule is COC(=O)c1ccc(C2C(=C(O)c3ccc(OCc4cccc(C)c4)cc3)C(=O)C(=O)N2CCN2CCOCC2)cc1. The van der Waals surface area contributed by atoms with Crippen LogP contribution in [0.2, 0.25) is 0 Å². The van der Waals surface area contributed by atoms with Crippen LogP contribution in [0.1, 0.15) is 38.7 Å². The van der Waals surface area contributed by atoms with Gasteiger partial charge >= 0.3 is 5.97 Å². The minimum absolute atomic E-state index is 0.00113. The summed E-state index contributed by atoms with van der Waals surface area (Å²) in [7, 11) is 1.30. The van der Waals surface area contributed by atoms with Crippen LogP contribution >= 0.6 is 0 Å². The van der Waals surface area contributed by atoms with Gasteiger partial charge in [-0.15, -0.1) is 0 Å². The first kappa shape index (κ1) is 29.0. The smallest absolute Gasteiger partial charge is 0.337 e. The van der Waals surface area contributed by atoms with Gasteiger partial charge in [-0.2, -0.15) is 0 Å². The van der Waals surface area contributed by atoms with Gasteiger partial charge < -0.3 is 24.2 Å². The molecule has 2 aliphatic heterocycles. The molecule has 0 radical (unpaired) electrons. The molecule has 2 fully saturated rings. The van der Waals surface area contributed by atoms with Crippen LogP contribution in [0, 0.1) is 6.92 Å². The predicted octanol–water partition coefficient (Wildman–Crippen LogP) is 4.11. The van der Waals surface area contributed by atoms with Gasteiger partial charge in [0.1, 0.15) is 18.1 Å². The summed E-state index contributed by atoms with van der Waals surface area (Å²) < 4.78 is 16.1. The van der Waals surface area contributed by atoms with Crippen molar-refractivity contribution in [1.82, 2.24) is 9.80 Å². The van der Waals surface area contributed by atoms with Crippen molar-refractivity contribution in [2.45, 2.75) is 19.6 Å². The lowest BCUT2D eigenvalue weighted by molar-refractivity contribution is -0.140. The molecule has 42 heavy (non-hydrogen) atoms. The quantitative estimate of drug-likeness (QED) is 0.177. The van der Waals surface area contributed by atoms with Crippen LogP contribution in [-0.2, 0) is 25.7 Å². The van der Waals surface area contributed by atoms with E-state index in [4.69, 9.17) is 14.2 Å². The molecule has 9 nitrogen and oxygen atoms in total. The zero-order valence-corrected chi connectivity index (χ0v) is 23.7. The van der Waals surface area contributed by atoms with E-state index in [9.17, 15) is 19.5 Å². The van der Waals surface area contributed by atoms with Gasteiger partial charge in [-0.3, -0.25) is 14.5 Å². The standard InChI is InChI=1S/C33H34N2O7/c1-22-4-3-5-23(20-22)21-42-27-12-10-25(11-13-27)30(36)28-29(24-6-8-26(9-7-24)33(39)40-2)35(32(38)31(28)37)15-14-34-16-18-41-19-17-34/h3-13,20,29,36H,14-19,21H2,1-2H3. The Balaban J connectivity index is 1.43. The van der Waals surface area contributed by atoms with E-state index in [0.717, 1.165) is 24.2 Å². The largest absolute Gasteiger partial charge is 0.507 e. The molecule has 218 valence electrons. The van der Waals surface area contributed by atoms with Crippen molar-refractivity contribution in [3.05, 3.63) is 106 Å². The number of aryl methyl sites for hydroxylation is 1. The van der Waals surface area contributed by atoms with Crippen molar-refractivity contribution >= 4 is 23.4 Å². The van der Waals surface area contributed by atoms with Crippen molar-refractivity contribution in [3.63, 3.8) is 0 Å². The Morgan fingerprint density at radius 3 is 2.31 bits per heavy atom. The van der Waals surface area contributed by atoms with Gasteiger partial charge in [-0.25, -0.2) is 4.79 Å². The van der Waals surface area contributed by atoms with E-state index in [-0.39, 0.29) is 17.9 Å². The molecule has 1 amide bonds. The normalized spacial score (nSPS) is 18.7. The number of hydrogen-bond donors (Lipinski definition) is 1. The Labute approximate surface area is 244 Å². The maximum Gasteiger partial charge on any atom is 0.337 e. The van der Waals surface area contributed by atoms with Crippen LogP contribution in [0.15, 0.2) is 78.4 Å². The van der Waals surface area contributed by atoms with E-state index in [0.29, 0.717) is 48.8 Å². The highest BCUT2D eigenvalue weighted by Gasteiger charge is 2.46. The molecular weight excluding hydrogens is 536 g/mol. The number of ketones is 1. The maximum absolute atomic E-state index is 13.4. The van der Waals surface area contributed by atoms with Crippen LogP contribution < -0.4 is 4.74 Å². The predicted molar refractivity (Wildman–Crippen MR) is 156 cm³/mol. The molecule has 0 aliphatic carbocycles. The average Bonchev–Trinajstić information content (AvgIpc) is 3.28. The summed E-state index contributed by atoms with van der Waals surface area (Å²) in [5, 5.41) is 11.4. The molecular formula is C33H34N2O7. The number of likely N-dealkylation sites (tertiary alicyclic amines) is 1. The van der Waals surface area contributed by atoms with Gasteiger partial charge in [-0.05, 0) is 54.4 Å². The minimum Gasteiger partial charge on any atom is -0.507 e. The van der Waals surface area contributed by atoms with E-state index in [1.54, 1.807) is 48.5 Å². The van der Waals surface area contributed by atoms with Crippen LogP contribution in [0.4, 0.5) is 0 Å². The summed E-state index contributed by atoms with van der Waals surface area (Å²) in [4.78, 5) is 42.4. The lowest BCUT2D eigenvalue weighted by Gasteiger charge is -2.31. The third kappa shape index (κ3) is 6.37. The summed E-state index contributed by atoms with van der Waals surface area (Å²) in [5.41, 5.74) is 3.52. The molecule has 9 heteroatoms. The fourth-order valence-electron chi connectivity index (χ4n) is 5.28. The number of amides is 1. The first-order chi connectivity index (χ1) is 20.4. The highest BCUT2D eigenvalue weighted by Crippen LogP contribution is 2.39. The Morgan fingerprint density at radius 2 is 1.64 bits per heavy atom. The summed E-state index contributed by atoms with van der Waals surface area (Å²) in [6, 6.07) is 20.5. The molecule has 5 rings (SSSR count). The highest BCUT2D eigenvalue weighted by atomic mass is 16.5. The fourth-order valence-corrected chi connectivity index (χ4v) is 5.28. The van der Waals surface area contributed by atoms with Gasteiger partial charge in [0.2, 0.25) is 0 Å². The van der Waals surface area contributed by atoms with Gasteiger partial charge in [0.05, 0.1) is 37.5 Å². The number of Topliss-reactive ketones (excluding diaryl/α,β-unsaturated/α-hetero) is 1. The summed E-state index contributed by atoms with van der Waals surface area (Å²) in [6.45, 7) is 5.96. The maximum atomic E-state index is 13.4. The second-order valence-corrected chi connectivity index (χ2v) is 10.4. The lowest BCUT2D eigenvalue weighted by Crippen LogP contribution is -2.42. The van der Waals surface area contributed by atoms with Gasteiger partial charge in [-0.1, -0.05) is 42.0 Å². The minimum atomic E-state index is -0.824. The van der Waals surface area contributed by atoms with E-state index in [2.05, 4.69) is 11.0 Å². The molecule has 3 aromatic rings. The second kappa shape index (κ2) is 13.0. The molecule has 0 spiro atoms. The zero-order valence-electron chi connectivity index (χ0n) is 23.7. The van der Waals surface area contributed by atoms with E-state index >= 15 is 0 Å². The van der Waals surface area contributed by atoms with Crippen molar-refractivity contribution < 1.29 is 33.7 Å². The molecule has 2 heterocycles. The fraction of sp³-hybridized carbons (Fsp3) is 0.303. The molecule has 2 saturated heterocycles. The van der Waals surface area contributed by atoms with Crippen LogP contribution in [0.25, 0.3) is 5.76 Å². The number of aliphatic hydroxyl groups is 1. The number of benzene rings is 3. The molecule has 0 saturated carbocycles. The van der Waals surface area contributed by atoms with Crippen molar-refractivity contribution in [2.24, 2.45) is 0 Å². The number of rotatable bonds is 9. The van der Waals surface area contributed by atoms with Gasteiger partial charge in [0.25, 0.3) is 11.7 Å². The van der Waals surface area contributed by atoms with Crippen molar-refractivity contribution in [1.29, 1.82) is 0 Å². The third-order valence-electron chi connectivity index (χ3n) is 7.56. The number of esters is 1. The van der Waals surface area contributed by atoms with Crippen molar-refractivity contribution in [2.75, 3.05) is 46.5 Å². The number of ether oxygens (including phenoxy) is 3. The van der Waals surface area contributed by atoms with Gasteiger partial charge in [0, 0.05) is 31.7 Å². The van der Waals surface area contributed by atoms with E-state index in [1.807, 2.05) is 25.1 Å². The summed E-state index contributed by atoms with van der Waals surface area (Å²) in [5.74, 6) is -1.59. The zero-order chi connectivity index (χ0) is 29.6. The first-order valence-electron chi connectivity index (χ1n) is 13.9. The monoisotopic (exact) mass is 570 g/mol. The van der Waals surface area contributed by atoms with Crippen LogP contribution in [0.3, 0.4) is 0 Å². The summed E-state index contributed by atoms with van der Waals surface area (Å²) in [6.07, 6.45) is 0. The van der Waals surface area contributed by atoms with Crippen LogP contribution in [-0.4, -0.2) is 79.1 Å². The molecule has 1 unspecified atom stereocenters. The Hall–Kier alpha value is -4.47. The number of carbonyl (C=O) groups is 3. The molecule has 1 atom stereocenters. The average molecular weight is 571 g/mol. The van der Waals surface area contributed by atoms with Crippen molar-refractivity contribution in [3.8, 4) is 5.75 Å². The third-order valence-corrected chi connectivity index (χ3v) is 7.56. The highest BCUT2D eigenvalue weighted by molar-refractivity contribution is 6.46. The molecule has 1 N–H and O–H groups in total. The first-order valence-corrected chi connectivity index (χ1v) is 13.9. The molecule has 0 aromatic heterocycles. The summed E-state index contributed by atoms with van der Waals surface area (Å²) >= 11 is 0. The number of aliphatic hydroxyl groups excluding tert-OH is 1. The number of nitrogens with zero attached hydrogens (tertiary/aromatic N) is 2. The second-order valence-electron chi connectivity index (χ2n) is 10.4. The van der Waals surface area contributed by atoms with Gasteiger partial charge in [0.15, 0.2) is 0 Å². The van der Waals surface area contributed by atoms with E-state index < -0.39 is 23.7 Å². The number of hydrogen-bond acceptors (Lipinski definition) is 8. The molecule has 2 aliphatic rings. The molecule has 0 bridgehead atoms. The Morgan fingerprint density at radius 1 is 0.952 bits per heavy atom. The Kier molecular flexibility index (Phi) is 9.00. The van der Waals surface area contributed by atoms with Crippen LogP contribution in [0.5, 0.6) is 5.75 Å². The number of carbonyl (C=O) groups excluding carboxylic acids is 3. The Bertz CT molecular complexity index is 1470. The topological polar surface area (TPSA) is 106 Å². The number of methoxy groups -OCH3 is 1. The number of morpholine rings is 1. The van der Waals surface area contributed by atoms with E-state index in [1.165, 1.54) is 12.0 Å². The lowest BCUT2D eigenvalue weighted by atomic mass is 9.94. The molecule has 3 aromatic carbocycles.